The Morgan fingerprint density at radius 1 is 0.949 bits per heavy atom. The Bertz CT molecular complexity index is 1500. The van der Waals surface area contributed by atoms with Gasteiger partial charge in [-0.25, -0.2) is 0 Å². The molecule has 6 rings (SSSR count). The number of amides is 1. The van der Waals surface area contributed by atoms with Crippen LogP contribution >= 0.6 is 0 Å². The van der Waals surface area contributed by atoms with E-state index < -0.39 is 23.4 Å². The summed E-state index contributed by atoms with van der Waals surface area (Å²) in [6.45, 7) is 5.77. The SMILES string of the molecule is CCCCCc1ccc(C(=O)C2C(C(C)=O)N3c4ccccc4C(C)=CC3C23C(=O)Nc2ccccc23)cc1. The predicted molar refractivity (Wildman–Crippen MR) is 155 cm³/mol. The van der Waals surface area contributed by atoms with Crippen molar-refractivity contribution in [2.45, 2.75) is 64.0 Å². The van der Waals surface area contributed by atoms with Crippen molar-refractivity contribution in [1.29, 1.82) is 0 Å². The van der Waals surface area contributed by atoms with E-state index in [9.17, 15) is 14.4 Å². The molecule has 1 fully saturated rings. The number of unbranched alkanes of at least 4 members (excludes halogenated alkanes) is 2. The van der Waals surface area contributed by atoms with Crippen molar-refractivity contribution in [3.05, 3.63) is 101 Å². The van der Waals surface area contributed by atoms with Gasteiger partial charge in [-0.05, 0) is 55.5 Å². The first kappa shape index (κ1) is 25.3. The fourth-order valence-electron chi connectivity index (χ4n) is 7.13. The van der Waals surface area contributed by atoms with Crippen molar-refractivity contribution in [3.63, 3.8) is 0 Å². The Kier molecular flexibility index (Phi) is 6.25. The second kappa shape index (κ2) is 9.64. The number of nitrogens with one attached hydrogen (secondary N) is 1. The molecule has 5 nitrogen and oxygen atoms in total. The smallest absolute Gasteiger partial charge is 0.238 e. The van der Waals surface area contributed by atoms with Crippen LogP contribution in [0.3, 0.4) is 0 Å². The first-order chi connectivity index (χ1) is 18.9. The number of carbonyl (C=O) groups excluding carboxylic acids is 3. The zero-order valence-corrected chi connectivity index (χ0v) is 22.7. The lowest BCUT2D eigenvalue weighted by molar-refractivity contribution is -0.122. The summed E-state index contributed by atoms with van der Waals surface area (Å²) >= 11 is 0. The normalized spacial score (nSPS) is 24.6. The molecule has 1 amide bonds. The molecule has 3 aliphatic heterocycles. The summed E-state index contributed by atoms with van der Waals surface area (Å²) in [5, 5.41) is 3.08. The number of carbonyl (C=O) groups is 3. The van der Waals surface area contributed by atoms with Crippen LogP contribution in [0.1, 0.15) is 67.1 Å². The number of nitrogens with zero attached hydrogens (tertiary/aromatic N) is 1. The number of para-hydroxylation sites is 2. The van der Waals surface area contributed by atoms with Gasteiger partial charge in [-0.15, -0.1) is 0 Å². The van der Waals surface area contributed by atoms with Crippen LogP contribution < -0.4 is 10.2 Å². The first-order valence-electron chi connectivity index (χ1n) is 14.0. The molecule has 0 bridgehead atoms. The van der Waals surface area contributed by atoms with E-state index in [1.807, 2.05) is 84.6 Å². The number of aryl methyl sites for hydroxylation is 1. The van der Waals surface area contributed by atoms with E-state index in [0.29, 0.717) is 11.3 Å². The van der Waals surface area contributed by atoms with Crippen LogP contribution in [0.15, 0.2) is 78.9 Å². The van der Waals surface area contributed by atoms with Gasteiger partial charge < -0.3 is 10.2 Å². The molecule has 4 unspecified atom stereocenters. The fraction of sp³-hybridized carbons (Fsp3) is 0.324. The van der Waals surface area contributed by atoms with Gasteiger partial charge >= 0.3 is 0 Å². The second-order valence-corrected chi connectivity index (χ2v) is 11.1. The average molecular weight is 519 g/mol. The minimum atomic E-state index is -1.24. The quantitative estimate of drug-likeness (QED) is 0.291. The number of hydrogen-bond donors (Lipinski definition) is 1. The van der Waals surface area contributed by atoms with Crippen LogP contribution in [0.4, 0.5) is 11.4 Å². The molecule has 1 spiro atoms. The molecule has 1 N–H and O–H groups in total. The van der Waals surface area contributed by atoms with Crippen molar-refractivity contribution < 1.29 is 14.4 Å². The van der Waals surface area contributed by atoms with Crippen LogP contribution in [-0.4, -0.2) is 29.6 Å². The molecule has 3 aromatic rings. The number of hydrogen-bond acceptors (Lipinski definition) is 4. The van der Waals surface area contributed by atoms with E-state index in [1.54, 1.807) is 6.92 Å². The molecule has 3 aromatic carbocycles. The van der Waals surface area contributed by atoms with Gasteiger partial charge in [0.05, 0.1) is 18.0 Å². The van der Waals surface area contributed by atoms with E-state index in [4.69, 9.17) is 0 Å². The van der Waals surface area contributed by atoms with E-state index in [2.05, 4.69) is 18.3 Å². The van der Waals surface area contributed by atoms with Crippen molar-refractivity contribution in [1.82, 2.24) is 0 Å². The van der Waals surface area contributed by atoms with Crippen LogP contribution in [0.2, 0.25) is 0 Å². The largest absolute Gasteiger partial charge is 0.352 e. The number of rotatable bonds is 7. The third kappa shape index (κ3) is 3.70. The summed E-state index contributed by atoms with van der Waals surface area (Å²) in [6.07, 6.45) is 6.50. The van der Waals surface area contributed by atoms with Crippen LogP contribution in [0, 0.1) is 5.92 Å². The van der Waals surface area contributed by atoms with Gasteiger partial charge in [0.1, 0.15) is 5.41 Å². The summed E-state index contributed by atoms with van der Waals surface area (Å²) < 4.78 is 0. The lowest BCUT2D eigenvalue weighted by Crippen LogP contribution is -2.51. The van der Waals surface area contributed by atoms with Gasteiger partial charge in [0, 0.05) is 22.5 Å². The number of benzene rings is 3. The minimum absolute atomic E-state index is 0.119. The van der Waals surface area contributed by atoms with Crippen molar-refractivity contribution in [3.8, 4) is 0 Å². The van der Waals surface area contributed by atoms with Crippen LogP contribution in [-0.2, 0) is 21.4 Å². The highest BCUT2D eigenvalue weighted by Crippen LogP contribution is 2.58. The summed E-state index contributed by atoms with van der Waals surface area (Å²) in [6, 6.07) is 22.1. The molecule has 0 aliphatic carbocycles. The lowest BCUT2D eigenvalue weighted by atomic mass is 9.64. The topological polar surface area (TPSA) is 66.5 Å². The molecule has 4 atom stereocenters. The van der Waals surface area contributed by atoms with E-state index in [-0.39, 0.29) is 17.5 Å². The molecule has 5 heteroatoms. The summed E-state index contributed by atoms with van der Waals surface area (Å²) in [4.78, 5) is 44.4. The Labute approximate surface area is 229 Å². The molecule has 1 saturated heterocycles. The Morgan fingerprint density at radius 2 is 1.67 bits per heavy atom. The Balaban J connectivity index is 1.54. The van der Waals surface area contributed by atoms with Gasteiger partial charge in [0.2, 0.25) is 5.91 Å². The number of ketones is 2. The minimum Gasteiger partial charge on any atom is -0.352 e. The monoisotopic (exact) mass is 518 g/mol. The third-order valence-electron chi connectivity index (χ3n) is 8.89. The van der Waals surface area contributed by atoms with E-state index >= 15 is 0 Å². The zero-order chi connectivity index (χ0) is 27.3. The maximum absolute atomic E-state index is 14.6. The predicted octanol–water partition coefficient (Wildman–Crippen LogP) is 6.37. The van der Waals surface area contributed by atoms with E-state index in [1.165, 1.54) is 12.0 Å². The van der Waals surface area contributed by atoms with Gasteiger partial charge in [0.15, 0.2) is 11.6 Å². The molecule has 198 valence electrons. The van der Waals surface area contributed by atoms with Gasteiger partial charge in [-0.1, -0.05) is 86.5 Å². The molecule has 39 heavy (non-hydrogen) atoms. The summed E-state index contributed by atoms with van der Waals surface area (Å²) in [5.74, 6) is -1.39. The van der Waals surface area contributed by atoms with E-state index in [0.717, 1.165) is 41.6 Å². The zero-order valence-electron chi connectivity index (χ0n) is 22.7. The molecule has 3 heterocycles. The highest BCUT2D eigenvalue weighted by atomic mass is 16.2. The Hall–Kier alpha value is -3.99. The summed E-state index contributed by atoms with van der Waals surface area (Å²) in [7, 11) is 0. The van der Waals surface area contributed by atoms with Crippen LogP contribution in [0.5, 0.6) is 0 Å². The molecule has 0 radical (unpaired) electrons. The maximum Gasteiger partial charge on any atom is 0.238 e. The van der Waals surface area contributed by atoms with Crippen molar-refractivity contribution in [2.24, 2.45) is 5.92 Å². The standard InChI is InChI=1S/C34H34N2O3/c1-4-5-6-11-23-16-18-24(19-17-23)32(38)30-31(22(3)37)36-28-15-10-7-12-25(28)21(2)20-29(36)34(30)26-13-8-9-14-27(26)35-33(34)39/h7-10,12-20,29-31H,4-6,11H2,1-3H3,(H,35,39). The first-order valence-corrected chi connectivity index (χ1v) is 14.0. The fourth-order valence-corrected chi connectivity index (χ4v) is 7.13. The Morgan fingerprint density at radius 3 is 2.41 bits per heavy atom. The molecular formula is C34H34N2O3. The lowest BCUT2D eigenvalue weighted by Gasteiger charge is -2.39. The van der Waals surface area contributed by atoms with Crippen molar-refractivity contribution >= 4 is 34.4 Å². The van der Waals surface area contributed by atoms with Gasteiger partial charge in [0.25, 0.3) is 0 Å². The second-order valence-electron chi connectivity index (χ2n) is 11.1. The molecule has 0 aromatic heterocycles. The third-order valence-corrected chi connectivity index (χ3v) is 8.89. The average Bonchev–Trinajstić information content (AvgIpc) is 3.42. The van der Waals surface area contributed by atoms with Gasteiger partial charge in [-0.2, -0.15) is 0 Å². The number of allylic oxidation sites excluding steroid dienone is 1. The van der Waals surface area contributed by atoms with Crippen molar-refractivity contribution in [2.75, 3.05) is 10.2 Å². The molecule has 0 saturated carbocycles. The maximum atomic E-state index is 14.6. The molecule has 3 aliphatic rings. The van der Waals surface area contributed by atoms with Crippen LogP contribution in [0.25, 0.3) is 5.57 Å². The number of anilines is 2. The number of fused-ring (bicyclic) bond motifs is 6. The highest BCUT2D eigenvalue weighted by Gasteiger charge is 2.70. The molecular weight excluding hydrogens is 484 g/mol. The van der Waals surface area contributed by atoms with Gasteiger partial charge in [-0.3, -0.25) is 14.4 Å². The highest BCUT2D eigenvalue weighted by molar-refractivity contribution is 6.16. The number of Topliss-reactive ketones (excluding diaryl/α,β-unsaturated/α-hetero) is 2. The summed E-state index contributed by atoms with van der Waals surface area (Å²) in [5.41, 5.74) is 4.93.